The van der Waals surface area contributed by atoms with E-state index in [1.54, 1.807) is 60.9 Å². The van der Waals surface area contributed by atoms with Crippen molar-refractivity contribution >= 4 is 176 Å². The number of amides is 4. The number of pyridine rings is 8. The van der Waals surface area contributed by atoms with Gasteiger partial charge in [0, 0.05) is 184 Å². The van der Waals surface area contributed by atoms with Crippen LogP contribution in [0.15, 0.2) is 250 Å². The second-order valence-electron chi connectivity index (χ2n) is 34.4. The summed E-state index contributed by atoms with van der Waals surface area (Å²) in [6.07, 6.45) is 30.2. The van der Waals surface area contributed by atoms with Crippen molar-refractivity contribution in [1.82, 2.24) is 95.4 Å². The van der Waals surface area contributed by atoms with Crippen LogP contribution in [0.25, 0.3) is 88.1 Å². The fourth-order valence-corrected chi connectivity index (χ4v) is 17.9. The minimum absolute atomic E-state index is 0.244. The van der Waals surface area contributed by atoms with E-state index >= 15 is 0 Å². The summed E-state index contributed by atoms with van der Waals surface area (Å²) in [7, 11) is -9.74. The summed E-state index contributed by atoms with van der Waals surface area (Å²) in [5.41, 5.74) is 17.1. The van der Waals surface area contributed by atoms with Gasteiger partial charge in [0.15, 0.2) is 22.8 Å². The molecule has 12 N–H and O–H groups in total. The molecule has 3 fully saturated rings. The number of aromatic amines is 4. The molecule has 0 radical (unpaired) electrons. The van der Waals surface area contributed by atoms with Gasteiger partial charge in [0.25, 0.3) is 23.6 Å². The number of morpholine rings is 1. The first-order valence-electron chi connectivity index (χ1n) is 44.5. The Morgan fingerprint density at radius 2 is 0.617 bits per heavy atom. The number of nitrogens with zero attached hydrogens (tertiary/aromatic N) is 15. The van der Waals surface area contributed by atoms with Gasteiger partial charge in [-0.1, -0.05) is 42.5 Å². The van der Waals surface area contributed by atoms with Crippen LogP contribution < -0.4 is 44.9 Å². The van der Waals surface area contributed by atoms with Crippen LogP contribution in [0.3, 0.4) is 0 Å². The Kier molecular flexibility index (Phi) is 29.4. The van der Waals surface area contributed by atoms with E-state index in [1.807, 2.05) is 146 Å². The maximum Gasteiger partial charge on any atom is 0.276 e. The Labute approximate surface area is 813 Å². The molecule has 141 heavy (non-hydrogen) atoms. The number of H-pyrrole nitrogens is 4. The molecule has 37 nitrogen and oxygen atoms in total. The van der Waals surface area contributed by atoms with E-state index < -0.39 is 44.7 Å². The number of rotatable bonds is 28. The first-order chi connectivity index (χ1) is 67.8. The number of ether oxygens (including phenoxy) is 2. The van der Waals surface area contributed by atoms with Crippen LogP contribution in [-0.2, 0) is 63.2 Å². The normalized spacial score (nSPS) is 14.9. The number of benzene rings is 5. The number of fused-ring (bicyclic) bond motifs is 4. The zero-order valence-electron chi connectivity index (χ0n) is 77.3. The molecule has 4 amide bonds. The smallest absolute Gasteiger partial charge is 0.276 e. The van der Waals surface area contributed by atoms with Gasteiger partial charge >= 0.3 is 0 Å². The van der Waals surface area contributed by atoms with Gasteiger partial charge in [-0.3, -0.25) is 93.1 Å². The Bertz CT molecular complexity index is 7940. The number of likely N-dealkylation sites (tertiary alicyclic amines) is 2. The molecule has 5 aromatic carbocycles. The van der Waals surface area contributed by atoms with E-state index in [2.05, 4.69) is 177 Å². The molecule has 720 valence electrons. The molecule has 41 heteroatoms. The number of aromatic nitrogens is 16. The van der Waals surface area contributed by atoms with Gasteiger partial charge in [0.05, 0.1) is 89.0 Å². The Balaban J connectivity index is 0.000000130. The van der Waals surface area contributed by atoms with Crippen molar-refractivity contribution in [3.05, 3.63) is 290 Å². The van der Waals surface area contributed by atoms with Crippen LogP contribution in [0.5, 0.6) is 11.5 Å². The van der Waals surface area contributed by atoms with Crippen molar-refractivity contribution < 1.29 is 45.5 Å². The summed E-state index contributed by atoms with van der Waals surface area (Å²) in [5, 5.41) is 42.6. The summed E-state index contributed by atoms with van der Waals surface area (Å²) < 4.78 is 69.3. The highest BCUT2D eigenvalue weighted by Crippen LogP contribution is 2.35. The highest BCUT2D eigenvalue weighted by Gasteiger charge is 2.24. The lowest BCUT2D eigenvalue weighted by Gasteiger charge is -2.30. The molecule has 12 aromatic heterocycles. The van der Waals surface area contributed by atoms with E-state index in [0.29, 0.717) is 74.0 Å². The molecule has 3 aliphatic heterocycles. The lowest BCUT2D eigenvalue weighted by atomic mass is 10.0. The van der Waals surface area contributed by atoms with Crippen molar-refractivity contribution in [2.24, 2.45) is 0 Å². The summed E-state index contributed by atoms with van der Waals surface area (Å²) in [5.74, 6) is 15.7. The molecule has 4 unspecified atom stereocenters. The van der Waals surface area contributed by atoms with Gasteiger partial charge in [-0.05, 0) is 241 Å². The highest BCUT2D eigenvalue weighted by atomic mass is 32.2. The van der Waals surface area contributed by atoms with Crippen molar-refractivity contribution in [2.45, 2.75) is 38.9 Å². The van der Waals surface area contributed by atoms with Gasteiger partial charge in [-0.2, -0.15) is 20.4 Å². The number of carbonyl (C=O) groups is 4. The second-order valence-corrected chi connectivity index (χ2v) is 43.2. The van der Waals surface area contributed by atoms with Crippen molar-refractivity contribution in [3.63, 3.8) is 0 Å². The average molecular weight is 1970 g/mol. The van der Waals surface area contributed by atoms with Gasteiger partial charge in [-0.25, -0.2) is 36.8 Å². The molecule has 3 saturated heterocycles. The van der Waals surface area contributed by atoms with Crippen molar-refractivity contribution in [1.29, 1.82) is 0 Å². The molecule has 0 bridgehead atoms. The summed E-state index contributed by atoms with van der Waals surface area (Å²) in [4.78, 5) is 93.4. The lowest BCUT2D eigenvalue weighted by molar-refractivity contribution is 0.0341. The third kappa shape index (κ3) is 26.3. The fourth-order valence-electron chi connectivity index (χ4n) is 15.7. The molecule has 0 saturated carbocycles. The molecule has 15 heterocycles. The van der Waals surface area contributed by atoms with E-state index in [0.717, 1.165) is 155 Å². The number of hydrogen-bond donors (Lipinski definition) is 12. The van der Waals surface area contributed by atoms with E-state index in [-0.39, 0.29) is 34.8 Å². The zero-order valence-corrected chi connectivity index (χ0v) is 80.6. The van der Waals surface area contributed by atoms with Crippen LogP contribution in [0.1, 0.15) is 77.9 Å². The van der Waals surface area contributed by atoms with Crippen LogP contribution in [0.2, 0.25) is 0 Å². The largest absolute Gasteiger partial charge is 0.456 e. The predicted molar refractivity (Wildman–Crippen MR) is 562 cm³/mol. The van der Waals surface area contributed by atoms with Gasteiger partial charge in [0.2, 0.25) is 0 Å². The highest BCUT2D eigenvalue weighted by molar-refractivity contribution is 8.01. The minimum atomic E-state index is -2.44. The summed E-state index contributed by atoms with van der Waals surface area (Å²) in [6.45, 7) is 10.5. The van der Waals surface area contributed by atoms with Crippen molar-refractivity contribution in [3.8, 4) is 56.0 Å². The second kappa shape index (κ2) is 42.9. The van der Waals surface area contributed by atoms with Crippen LogP contribution in [0.4, 0.5) is 46.0 Å². The molecule has 0 aliphatic carbocycles. The Morgan fingerprint density at radius 1 is 0.326 bits per heavy atom. The third-order valence-electron chi connectivity index (χ3n) is 22.4. The lowest BCUT2D eigenvalue weighted by Crippen LogP contribution is -2.36. The van der Waals surface area contributed by atoms with Crippen LogP contribution in [0, 0.1) is 0 Å². The Morgan fingerprint density at radius 3 is 0.901 bits per heavy atom. The maximum atomic E-state index is 13.0. The van der Waals surface area contributed by atoms with E-state index in [1.165, 1.54) is 80.2 Å². The molecule has 3 aliphatic rings. The maximum absolute atomic E-state index is 13.0. The number of nitrogens with one attached hydrogen (secondary N) is 12. The molecule has 17 aromatic rings. The van der Waals surface area contributed by atoms with Crippen LogP contribution >= 0.6 is 0 Å². The number of anilines is 8. The van der Waals surface area contributed by atoms with Gasteiger partial charge in [-0.15, -0.1) is 0 Å². The minimum Gasteiger partial charge on any atom is -0.456 e. The van der Waals surface area contributed by atoms with E-state index in [4.69, 9.17) is 9.47 Å². The average Bonchev–Trinajstić information content (AvgIpc) is 1.68. The fraction of sp³-hybridized carbons (Fsp3) is 0.180. The number of hydrogen-bond acceptors (Lipinski definition) is 25. The van der Waals surface area contributed by atoms with Gasteiger partial charge in [0.1, 0.15) is 34.8 Å². The molecular weight excluding hydrogens is 1870 g/mol. The zero-order chi connectivity index (χ0) is 98.4. The topological polar surface area (TPSA) is 479 Å². The quantitative estimate of drug-likeness (QED) is 0.0203. The van der Waals surface area contributed by atoms with Crippen molar-refractivity contribution in [2.75, 3.05) is 118 Å². The third-order valence-corrected chi connectivity index (χ3v) is 24.9. The SMILES string of the molecule is C=S(C)(=O)Nc1ccc(NC(=O)c2n[nH]c3ccc(-c4cncc(CN5CCC5)c4)cc23)cn1.C=S(C)(=O)Nc1ccc(NC(=O)c2n[nH]c3ccc(-c4cncc(CN5CCCC5)c4)cc23)cn1.C=S(C)(=O)Nc1ccc(NC(=O)c2n[nH]c3ccc(-c4cncc(CN5CCOCC5)c4)cc23)cn1.C=S(C)(=O)Nc1ccc(NC(=O)c2n[nH]c3ccc(-c4cncc(Oc5ccccc5)c4)cc23)cn1. The number of carbonyl (C=O) groups excluding carboxylic acids is 4. The molecule has 20 rings (SSSR count). The first kappa shape index (κ1) is 96.7. The van der Waals surface area contributed by atoms with E-state index in [9.17, 15) is 36.0 Å². The first-order valence-corrected chi connectivity index (χ1v) is 53.1. The summed E-state index contributed by atoms with van der Waals surface area (Å²) >= 11 is 0. The van der Waals surface area contributed by atoms with Gasteiger partial charge < -0.3 is 30.7 Å². The Hall–Kier alpha value is -16.0. The molecular formula is C100H101N27O10S4. The molecule has 0 spiro atoms. The molecule has 4 atom stereocenters. The predicted octanol–water partition coefficient (Wildman–Crippen LogP) is 14.2. The summed E-state index contributed by atoms with van der Waals surface area (Å²) in [6, 6.07) is 54.2. The number of para-hydroxylation sites is 1. The van der Waals surface area contributed by atoms with Crippen LogP contribution in [-0.4, -0.2) is 237 Å². The monoisotopic (exact) mass is 1970 g/mol. The standard InChI is InChI=1S/C26H22N6O3S.C25H27N7O3S.C25H27N7O2S.C24H25N7O2S/c1-36(2,34)32-24-11-9-19(15-28-24)29-26(33)25-22-13-17(8-10-23(22)30-31-25)18-12-21(16-27-14-18)35-20-6-4-3-5-7-20;1-36(2,34)31-23-6-4-20(15-27-23)28-25(33)24-21-12-18(3-5-22(21)29-30-24)19-11-17(13-26-14-19)16-32-7-9-35-10-8-32;1-35(2,34)31-23-8-6-20(15-27-23)28-25(33)24-21-12-18(5-7-22(21)29-30-24)19-11-17(13-26-14-19)16-32-9-3-4-10-32;1-34(2,33)30-22-7-5-19(14-26-22)27-24(32)23-20-11-17(4-6-21(20)28-29-23)18-10-16(12-25-13-18)15-31-8-3-9-31/h3-16H,1H2,2H3,(H,29,33)(H,30,31)(H,28,32,34);3-6,11-15H,1,7-10,16H2,2H3,(H,28,33)(H,29,30)(H,27,31,34);5-8,11-15H,1,3-4,9-10,16H2,2H3,(H,28,33)(H,29,30)(H,27,31,34);4-7,10-14H,1,3,8-9,15H2,2H3,(H,27,32)(H,28,29)(H,26,30,33).